The van der Waals surface area contributed by atoms with E-state index in [1.807, 2.05) is 26.1 Å². The maximum atomic E-state index is 14.0. The van der Waals surface area contributed by atoms with Gasteiger partial charge in [-0.3, -0.25) is 0 Å². The van der Waals surface area contributed by atoms with Gasteiger partial charge >= 0.3 is 0 Å². The lowest BCUT2D eigenvalue weighted by Crippen LogP contribution is -2.30. The van der Waals surface area contributed by atoms with Crippen LogP contribution in [0.4, 0.5) is 4.39 Å². The number of hydrogen-bond acceptors (Lipinski definition) is 2. The van der Waals surface area contributed by atoms with Gasteiger partial charge in [-0.1, -0.05) is 37.8 Å². The highest BCUT2D eigenvalue weighted by Crippen LogP contribution is 2.37. The molecule has 1 aromatic rings. The molecule has 0 amide bonds. The second kappa shape index (κ2) is 7.75. The number of rotatable bonds is 7. The normalized spacial score (nSPS) is 13.9. The molecule has 3 heteroatoms. The highest BCUT2D eigenvalue weighted by atomic mass is 19.1. The van der Waals surface area contributed by atoms with Crippen LogP contribution in [0.15, 0.2) is 30.9 Å². The van der Waals surface area contributed by atoms with E-state index in [1.165, 1.54) is 6.07 Å². The highest BCUT2D eigenvalue weighted by molar-refractivity contribution is 5.61. The van der Waals surface area contributed by atoms with Crippen molar-refractivity contribution in [1.29, 1.82) is 5.26 Å². The standard InChI is InChI=1S/C18H23FN2/c1-5-7-8-15-9-10-16(19)14(3)17(15)18(6-2,13-20)11-12-21-4/h5,7-10,21H,1,6,11-12H2,2-4H3/b8-7+. The fraction of sp³-hybridized carbons (Fsp3) is 0.389. The first-order valence-electron chi connectivity index (χ1n) is 7.20. The first kappa shape index (κ1) is 17.1. The summed E-state index contributed by atoms with van der Waals surface area (Å²) in [6.07, 6.45) is 6.66. The number of nitrogens with one attached hydrogen (secondary N) is 1. The molecular formula is C18H23FN2. The van der Waals surface area contributed by atoms with Gasteiger partial charge in [-0.05, 0) is 56.1 Å². The molecule has 112 valence electrons. The van der Waals surface area contributed by atoms with Crippen LogP contribution < -0.4 is 5.32 Å². The van der Waals surface area contributed by atoms with Crippen molar-refractivity contribution in [2.24, 2.45) is 0 Å². The van der Waals surface area contributed by atoms with Gasteiger partial charge in [0.15, 0.2) is 0 Å². The molecular weight excluding hydrogens is 263 g/mol. The van der Waals surface area contributed by atoms with Crippen LogP contribution in [0, 0.1) is 24.1 Å². The quantitative estimate of drug-likeness (QED) is 0.766. The van der Waals surface area contributed by atoms with Crippen LogP contribution in [0.2, 0.25) is 0 Å². The minimum atomic E-state index is -0.684. The lowest BCUT2D eigenvalue weighted by Gasteiger charge is -2.29. The fourth-order valence-electron chi connectivity index (χ4n) is 2.66. The predicted molar refractivity (Wildman–Crippen MR) is 86.5 cm³/mol. The zero-order chi connectivity index (χ0) is 15.9. The second-order valence-electron chi connectivity index (χ2n) is 5.13. The highest BCUT2D eigenvalue weighted by Gasteiger charge is 2.34. The SMILES string of the molecule is C=C/C=C/c1ccc(F)c(C)c1C(C#N)(CC)CCNC. The topological polar surface area (TPSA) is 35.8 Å². The molecule has 0 aliphatic carbocycles. The first-order chi connectivity index (χ1) is 10.1. The largest absolute Gasteiger partial charge is 0.320 e. The Labute approximate surface area is 127 Å². The smallest absolute Gasteiger partial charge is 0.126 e. The Kier molecular flexibility index (Phi) is 6.33. The third-order valence-electron chi connectivity index (χ3n) is 3.94. The molecule has 1 rings (SSSR count). The van der Waals surface area contributed by atoms with Crippen LogP contribution in [0.1, 0.15) is 36.5 Å². The Morgan fingerprint density at radius 1 is 1.48 bits per heavy atom. The van der Waals surface area contributed by atoms with Gasteiger partial charge in [0.2, 0.25) is 0 Å². The molecule has 0 spiro atoms. The molecule has 0 heterocycles. The molecule has 1 atom stereocenters. The molecule has 0 saturated heterocycles. The summed E-state index contributed by atoms with van der Waals surface area (Å²) in [6.45, 7) is 8.10. The second-order valence-corrected chi connectivity index (χ2v) is 5.13. The van der Waals surface area contributed by atoms with Gasteiger partial charge in [0.1, 0.15) is 5.82 Å². The van der Waals surface area contributed by atoms with Gasteiger partial charge in [0.25, 0.3) is 0 Å². The molecule has 0 radical (unpaired) electrons. The number of halogens is 1. The summed E-state index contributed by atoms with van der Waals surface area (Å²) >= 11 is 0. The Hall–Kier alpha value is -1.92. The maximum absolute atomic E-state index is 14.0. The number of hydrogen-bond donors (Lipinski definition) is 1. The van der Waals surface area contributed by atoms with E-state index in [0.717, 1.165) is 11.1 Å². The Morgan fingerprint density at radius 3 is 2.71 bits per heavy atom. The van der Waals surface area contributed by atoms with Crippen LogP contribution in [0.25, 0.3) is 6.08 Å². The minimum Gasteiger partial charge on any atom is -0.320 e. The maximum Gasteiger partial charge on any atom is 0.126 e. The molecule has 0 aliphatic rings. The zero-order valence-corrected chi connectivity index (χ0v) is 13.0. The summed E-state index contributed by atoms with van der Waals surface area (Å²) < 4.78 is 14.0. The van der Waals surface area contributed by atoms with Crippen LogP contribution in [0.5, 0.6) is 0 Å². The van der Waals surface area contributed by atoms with Crippen molar-refractivity contribution >= 4 is 6.08 Å². The minimum absolute atomic E-state index is 0.265. The van der Waals surface area contributed by atoms with Crippen molar-refractivity contribution in [1.82, 2.24) is 5.32 Å². The first-order valence-corrected chi connectivity index (χ1v) is 7.20. The fourth-order valence-corrected chi connectivity index (χ4v) is 2.66. The van der Waals surface area contributed by atoms with Crippen molar-refractivity contribution in [3.63, 3.8) is 0 Å². The van der Waals surface area contributed by atoms with Gasteiger partial charge in [0, 0.05) is 0 Å². The molecule has 1 unspecified atom stereocenters. The zero-order valence-electron chi connectivity index (χ0n) is 13.0. The lowest BCUT2D eigenvalue weighted by atomic mass is 9.72. The predicted octanol–water partition coefficient (Wildman–Crippen LogP) is 4.11. The van der Waals surface area contributed by atoms with E-state index in [9.17, 15) is 9.65 Å². The number of allylic oxidation sites excluding steroid dienone is 2. The Morgan fingerprint density at radius 2 is 2.19 bits per heavy atom. The van der Waals surface area contributed by atoms with Crippen molar-refractivity contribution < 1.29 is 4.39 Å². The molecule has 0 bridgehead atoms. The van der Waals surface area contributed by atoms with E-state index < -0.39 is 5.41 Å². The molecule has 0 aromatic heterocycles. The Bertz CT molecular complexity index is 569. The molecule has 0 aliphatic heterocycles. The average molecular weight is 286 g/mol. The summed E-state index contributed by atoms with van der Waals surface area (Å²) in [5.41, 5.74) is 1.55. The lowest BCUT2D eigenvalue weighted by molar-refractivity contribution is 0.467. The van der Waals surface area contributed by atoms with Crippen molar-refractivity contribution in [3.8, 4) is 6.07 Å². The summed E-state index contributed by atoms with van der Waals surface area (Å²) in [5, 5.41) is 12.9. The molecule has 2 nitrogen and oxygen atoms in total. The summed E-state index contributed by atoms with van der Waals surface area (Å²) in [6, 6.07) is 5.63. The van der Waals surface area contributed by atoms with E-state index in [0.29, 0.717) is 24.9 Å². The van der Waals surface area contributed by atoms with E-state index in [-0.39, 0.29) is 5.82 Å². The van der Waals surface area contributed by atoms with Crippen molar-refractivity contribution in [2.45, 2.75) is 32.1 Å². The van der Waals surface area contributed by atoms with E-state index in [4.69, 9.17) is 0 Å². The molecule has 0 fully saturated rings. The van der Waals surface area contributed by atoms with Gasteiger partial charge in [0.05, 0.1) is 11.5 Å². The number of nitriles is 1. The molecule has 21 heavy (non-hydrogen) atoms. The molecule has 1 N–H and O–H groups in total. The van der Waals surface area contributed by atoms with E-state index in [2.05, 4.69) is 18.0 Å². The van der Waals surface area contributed by atoms with Gasteiger partial charge < -0.3 is 5.32 Å². The third kappa shape index (κ3) is 3.59. The summed E-state index contributed by atoms with van der Waals surface area (Å²) in [5.74, 6) is -0.265. The van der Waals surface area contributed by atoms with Crippen molar-refractivity contribution in [2.75, 3.05) is 13.6 Å². The van der Waals surface area contributed by atoms with Gasteiger partial charge in [-0.15, -0.1) is 0 Å². The monoisotopic (exact) mass is 286 g/mol. The molecule has 1 aromatic carbocycles. The van der Waals surface area contributed by atoms with Crippen LogP contribution >= 0.6 is 0 Å². The van der Waals surface area contributed by atoms with Gasteiger partial charge in [-0.2, -0.15) is 5.26 Å². The third-order valence-corrected chi connectivity index (χ3v) is 3.94. The van der Waals surface area contributed by atoms with Crippen LogP contribution in [-0.4, -0.2) is 13.6 Å². The number of benzene rings is 1. The van der Waals surface area contributed by atoms with Crippen LogP contribution in [-0.2, 0) is 5.41 Å². The van der Waals surface area contributed by atoms with E-state index in [1.54, 1.807) is 19.1 Å². The molecule has 0 saturated carbocycles. The van der Waals surface area contributed by atoms with Gasteiger partial charge in [-0.25, -0.2) is 4.39 Å². The van der Waals surface area contributed by atoms with Crippen LogP contribution in [0.3, 0.4) is 0 Å². The summed E-state index contributed by atoms with van der Waals surface area (Å²) in [4.78, 5) is 0. The van der Waals surface area contributed by atoms with Crippen molar-refractivity contribution in [3.05, 3.63) is 53.4 Å². The average Bonchev–Trinajstić information content (AvgIpc) is 2.51. The summed E-state index contributed by atoms with van der Waals surface area (Å²) in [7, 11) is 1.86. The Balaban J connectivity index is 3.55. The number of nitrogens with zero attached hydrogens (tertiary/aromatic N) is 1. The van der Waals surface area contributed by atoms with E-state index >= 15 is 0 Å².